The minimum atomic E-state index is -0.355. The molecular weight excluding hydrogens is 224 g/mol. The molecule has 82 valence electrons. The molecule has 0 amide bonds. The lowest BCUT2D eigenvalue weighted by Gasteiger charge is -1.99. The molecule has 0 aliphatic rings. The van der Waals surface area contributed by atoms with Crippen LogP contribution in [0.3, 0.4) is 0 Å². The molecule has 0 saturated heterocycles. The molecule has 0 aliphatic heterocycles. The van der Waals surface area contributed by atoms with Gasteiger partial charge >= 0.3 is 5.97 Å². The van der Waals surface area contributed by atoms with Gasteiger partial charge in [0.25, 0.3) is 0 Å². The molecule has 0 saturated carbocycles. The second kappa shape index (κ2) is 4.37. The summed E-state index contributed by atoms with van der Waals surface area (Å²) in [6, 6.07) is 10.5. The highest BCUT2D eigenvalue weighted by Gasteiger charge is 2.11. The number of hydrogen-bond donors (Lipinski definition) is 1. The van der Waals surface area contributed by atoms with Gasteiger partial charge < -0.3 is 9.84 Å². The van der Waals surface area contributed by atoms with E-state index in [2.05, 4.69) is 4.74 Å². The van der Waals surface area contributed by atoms with Gasteiger partial charge in [0.2, 0.25) is 0 Å². The van der Waals surface area contributed by atoms with Crippen molar-refractivity contribution in [2.45, 2.75) is 0 Å². The van der Waals surface area contributed by atoms with Crippen LogP contribution in [0, 0.1) is 0 Å². The summed E-state index contributed by atoms with van der Waals surface area (Å²) < 4.78 is 4.62. The van der Waals surface area contributed by atoms with Gasteiger partial charge in [-0.15, -0.1) is 11.3 Å². The van der Waals surface area contributed by atoms with Gasteiger partial charge in [-0.3, -0.25) is 0 Å². The van der Waals surface area contributed by atoms with Crippen LogP contribution in [-0.4, -0.2) is 18.2 Å². The molecule has 1 heterocycles. The number of phenols is 1. The van der Waals surface area contributed by atoms with Crippen molar-refractivity contribution in [3.05, 3.63) is 41.3 Å². The summed E-state index contributed by atoms with van der Waals surface area (Å²) in [6.07, 6.45) is 0. The van der Waals surface area contributed by atoms with Gasteiger partial charge in [0.05, 0.1) is 7.11 Å². The number of hydrogen-bond acceptors (Lipinski definition) is 4. The summed E-state index contributed by atoms with van der Waals surface area (Å²) >= 11 is 1.30. The van der Waals surface area contributed by atoms with Gasteiger partial charge in [-0.25, -0.2) is 4.79 Å². The van der Waals surface area contributed by atoms with E-state index in [4.69, 9.17) is 0 Å². The molecule has 1 N–H and O–H groups in total. The van der Waals surface area contributed by atoms with E-state index >= 15 is 0 Å². The molecule has 0 spiro atoms. The molecule has 0 unspecified atom stereocenters. The fourth-order valence-corrected chi connectivity index (χ4v) is 2.33. The molecule has 0 atom stereocenters. The topological polar surface area (TPSA) is 46.5 Å². The molecule has 0 bridgehead atoms. The second-order valence-corrected chi connectivity index (χ2v) is 4.26. The summed E-state index contributed by atoms with van der Waals surface area (Å²) in [6.45, 7) is 0. The quantitative estimate of drug-likeness (QED) is 0.813. The van der Waals surface area contributed by atoms with Crippen molar-refractivity contribution >= 4 is 17.3 Å². The third kappa shape index (κ3) is 1.92. The van der Waals surface area contributed by atoms with Crippen LogP contribution in [-0.2, 0) is 4.74 Å². The lowest BCUT2D eigenvalue weighted by atomic mass is 10.2. The van der Waals surface area contributed by atoms with Crippen molar-refractivity contribution in [3.63, 3.8) is 0 Å². The molecule has 16 heavy (non-hydrogen) atoms. The van der Waals surface area contributed by atoms with Gasteiger partial charge in [-0.1, -0.05) is 12.1 Å². The number of benzene rings is 1. The van der Waals surface area contributed by atoms with Crippen LogP contribution < -0.4 is 0 Å². The molecule has 3 nitrogen and oxygen atoms in total. The molecule has 0 radical (unpaired) electrons. The summed E-state index contributed by atoms with van der Waals surface area (Å²) in [5.74, 6) is -0.146. The Morgan fingerprint density at radius 2 is 2.00 bits per heavy atom. The van der Waals surface area contributed by atoms with E-state index in [9.17, 15) is 9.90 Å². The molecule has 1 aromatic carbocycles. The second-order valence-electron chi connectivity index (χ2n) is 3.17. The average molecular weight is 234 g/mol. The lowest BCUT2D eigenvalue weighted by Crippen LogP contribution is -1.96. The van der Waals surface area contributed by atoms with Gasteiger partial charge in [0, 0.05) is 10.4 Å². The maximum atomic E-state index is 11.3. The molecule has 4 heteroatoms. The predicted molar refractivity (Wildman–Crippen MR) is 62.8 cm³/mol. The largest absolute Gasteiger partial charge is 0.507 e. The Morgan fingerprint density at radius 1 is 1.25 bits per heavy atom. The van der Waals surface area contributed by atoms with E-state index in [1.807, 2.05) is 12.1 Å². The Bertz CT molecular complexity index is 516. The van der Waals surface area contributed by atoms with Crippen LogP contribution in [0.5, 0.6) is 5.75 Å². The van der Waals surface area contributed by atoms with E-state index in [1.165, 1.54) is 18.4 Å². The fraction of sp³-hybridized carbons (Fsp3) is 0.0833. The number of aromatic hydroxyl groups is 1. The lowest BCUT2D eigenvalue weighted by molar-refractivity contribution is 0.0606. The number of rotatable bonds is 2. The van der Waals surface area contributed by atoms with E-state index < -0.39 is 0 Å². The highest BCUT2D eigenvalue weighted by Crippen LogP contribution is 2.34. The predicted octanol–water partition coefficient (Wildman–Crippen LogP) is 2.91. The SMILES string of the molecule is COC(=O)c1ccc(-c2ccccc2O)s1. The van der Waals surface area contributed by atoms with Crippen LogP contribution in [0.2, 0.25) is 0 Å². The standard InChI is InChI=1S/C12H10O3S/c1-15-12(14)11-7-6-10(16-11)8-4-2-3-5-9(8)13/h2-7,13H,1H3. The first-order valence-electron chi connectivity index (χ1n) is 4.69. The number of thiophene rings is 1. The van der Waals surface area contributed by atoms with Crippen LogP contribution >= 0.6 is 11.3 Å². The van der Waals surface area contributed by atoms with E-state index in [0.717, 1.165) is 10.4 Å². The minimum Gasteiger partial charge on any atom is -0.507 e. The molecule has 2 aromatic rings. The summed E-state index contributed by atoms with van der Waals surface area (Å²) in [5.41, 5.74) is 0.725. The summed E-state index contributed by atoms with van der Waals surface area (Å²) in [5, 5.41) is 9.66. The van der Waals surface area contributed by atoms with Gasteiger partial charge in [-0.2, -0.15) is 0 Å². The number of esters is 1. The van der Waals surface area contributed by atoms with Gasteiger partial charge in [0.1, 0.15) is 10.6 Å². The monoisotopic (exact) mass is 234 g/mol. The van der Waals surface area contributed by atoms with Crippen LogP contribution in [0.1, 0.15) is 9.67 Å². The smallest absolute Gasteiger partial charge is 0.348 e. The first kappa shape index (κ1) is 10.7. The van der Waals surface area contributed by atoms with Crippen LogP contribution in [0.25, 0.3) is 10.4 Å². The van der Waals surface area contributed by atoms with E-state index in [-0.39, 0.29) is 11.7 Å². The minimum absolute atomic E-state index is 0.209. The Balaban J connectivity index is 2.39. The molecule has 2 rings (SSSR count). The zero-order valence-corrected chi connectivity index (χ0v) is 9.45. The van der Waals surface area contributed by atoms with Crippen LogP contribution in [0.4, 0.5) is 0 Å². The van der Waals surface area contributed by atoms with Crippen LogP contribution in [0.15, 0.2) is 36.4 Å². The van der Waals surface area contributed by atoms with Gasteiger partial charge in [0.15, 0.2) is 0 Å². The number of methoxy groups -OCH3 is 1. The van der Waals surface area contributed by atoms with Crippen molar-refractivity contribution in [2.24, 2.45) is 0 Å². The zero-order valence-electron chi connectivity index (χ0n) is 8.64. The normalized spacial score (nSPS) is 10.1. The molecule has 1 aromatic heterocycles. The molecular formula is C12H10O3S. The average Bonchev–Trinajstić information content (AvgIpc) is 2.78. The first-order valence-corrected chi connectivity index (χ1v) is 5.50. The Morgan fingerprint density at radius 3 is 2.69 bits per heavy atom. The highest BCUT2D eigenvalue weighted by atomic mass is 32.1. The third-order valence-electron chi connectivity index (χ3n) is 2.16. The van der Waals surface area contributed by atoms with Crippen molar-refractivity contribution in [2.75, 3.05) is 7.11 Å². The first-order chi connectivity index (χ1) is 7.72. The number of ether oxygens (including phenoxy) is 1. The van der Waals surface area contributed by atoms with Crippen molar-refractivity contribution in [1.29, 1.82) is 0 Å². The fourth-order valence-electron chi connectivity index (χ4n) is 1.37. The number of phenolic OH excluding ortho intramolecular Hbond substituents is 1. The molecule has 0 aliphatic carbocycles. The van der Waals surface area contributed by atoms with Crippen molar-refractivity contribution in [3.8, 4) is 16.2 Å². The number of carbonyl (C=O) groups excluding carboxylic acids is 1. The Hall–Kier alpha value is -1.81. The Labute approximate surface area is 96.9 Å². The zero-order chi connectivity index (χ0) is 11.5. The maximum absolute atomic E-state index is 11.3. The van der Waals surface area contributed by atoms with E-state index in [0.29, 0.717) is 4.88 Å². The number of para-hydroxylation sites is 1. The Kier molecular flexibility index (Phi) is 2.92. The summed E-state index contributed by atoms with van der Waals surface area (Å²) in [7, 11) is 1.35. The third-order valence-corrected chi connectivity index (χ3v) is 3.26. The van der Waals surface area contributed by atoms with Gasteiger partial charge in [-0.05, 0) is 24.3 Å². The van der Waals surface area contributed by atoms with E-state index in [1.54, 1.807) is 24.3 Å². The number of carbonyl (C=O) groups is 1. The molecule has 0 fully saturated rings. The summed E-state index contributed by atoms with van der Waals surface area (Å²) in [4.78, 5) is 12.6. The van der Waals surface area contributed by atoms with Crippen molar-refractivity contribution < 1.29 is 14.6 Å². The van der Waals surface area contributed by atoms with Crippen molar-refractivity contribution in [1.82, 2.24) is 0 Å². The maximum Gasteiger partial charge on any atom is 0.348 e. The highest BCUT2D eigenvalue weighted by molar-refractivity contribution is 7.17.